The number of hydrogen-bond acceptors (Lipinski definition) is 4. The zero-order valence-electron chi connectivity index (χ0n) is 10.8. The summed E-state index contributed by atoms with van der Waals surface area (Å²) in [4.78, 5) is 0. The van der Waals surface area contributed by atoms with Crippen molar-refractivity contribution in [1.82, 2.24) is 15.0 Å². The molecule has 1 atom stereocenters. The fourth-order valence-electron chi connectivity index (χ4n) is 1.77. The summed E-state index contributed by atoms with van der Waals surface area (Å²) in [5, 5.41) is 17.7. The van der Waals surface area contributed by atoms with Crippen LogP contribution in [-0.2, 0) is 0 Å². The van der Waals surface area contributed by atoms with E-state index < -0.39 is 6.10 Å². The Morgan fingerprint density at radius 2 is 2.22 bits per heavy atom. The van der Waals surface area contributed by atoms with Crippen molar-refractivity contribution in [2.75, 3.05) is 7.11 Å². The van der Waals surface area contributed by atoms with E-state index in [0.717, 1.165) is 17.0 Å². The molecule has 5 heteroatoms. The van der Waals surface area contributed by atoms with Crippen LogP contribution >= 0.6 is 0 Å². The number of rotatable bonds is 4. The number of nitrogens with zero attached hydrogens (tertiary/aromatic N) is 3. The zero-order valence-corrected chi connectivity index (χ0v) is 10.8. The van der Waals surface area contributed by atoms with E-state index >= 15 is 0 Å². The minimum Gasteiger partial charge on any atom is -0.496 e. The second kappa shape index (κ2) is 5.18. The molecule has 18 heavy (non-hydrogen) atoms. The van der Waals surface area contributed by atoms with Crippen LogP contribution in [-0.4, -0.2) is 27.2 Å². The normalized spacial score (nSPS) is 12.4. The molecule has 0 saturated heterocycles. The summed E-state index contributed by atoms with van der Waals surface area (Å²) >= 11 is 0. The molecule has 0 saturated carbocycles. The molecule has 0 amide bonds. The Bertz CT molecular complexity index is 537. The Morgan fingerprint density at radius 1 is 1.44 bits per heavy atom. The van der Waals surface area contributed by atoms with E-state index in [1.54, 1.807) is 18.0 Å². The van der Waals surface area contributed by atoms with Crippen molar-refractivity contribution in [3.05, 3.63) is 35.7 Å². The standard InChI is InChI=1S/C13H17N3O2/c1-4-12(17)11-8-16(15-14-11)10-5-6-13(18-3)9(2)7-10/h5-8,12,17H,4H2,1-3H3. The Kier molecular flexibility index (Phi) is 3.62. The van der Waals surface area contributed by atoms with Gasteiger partial charge in [-0.1, -0.05) is 12.1 Å². The van der Waals surface area contributed by atoms with Crippen LogP contribution in [0.15, 0.2) is 24.4 Å². The van der Waals surface area contributed by atoms with Gasteiger partial charge in [0.05, 0.1) is 25.1 Å². The first kappa shape index (κ1) is 12.6. The van der Waals surface area contributed by atoms with Crippen molar-refractivity contribution < 1.29 is 9.84 Å². The van der Waals surface area contributed by atoms with Crippen molar-refractivity contribution in [2.45, 2.75) is 26.4 Å². The molecule has 1 aromatic carbocycles. The highest BCUT2D eigenvalue weighted by molar-refractivity contribution is 5.43. The number of methoxy groups -OCH3 is 1. The Morgan fingerprint density at radius 3 is 2.83 bits per heavy atom. The van der Waals surface area contributed by atoms with Gasteiger partial charge in [0, 0.05) is 0 Å². The molecule has 2 rings (SSSR count). The average molecular weight is 247 g/mol. The fraction of sp³-hybridized carbons (Fsp3) is 0.385. The van der Waals surface area contributed by atoms with Crippen LogP contribution in [0.25, 0.3) is 5.69 Å². The number of aryl methyl sites for hydroxylation is 1. The average Bonchev–Trinajstić information content (AvgIpc) is 2.87. The topological polar surface area (TPSA) is 60.2 Å². The van der Waals surface area contributed by atoms with Crippen LogP contribution in [0.1, 0.15) is 30.7 Å². The molecule has 1 unspecified atom stereocenters. The molecule has 2 aromatic rings. The maximum Gasteiger partial charge on any atom is 0.121 e. The summed E-state index contributed by atoms with van der Waals surface area (Å²) in [7, 11) is 1.65. The molecule has 0 aliphatic heterocycles. The molecular weight excluding hydrogens is 230 g/mol. The molecule has 0 bridgehead atoms. The lowest BCUT2D eigenvalue weighted by atomic mass is 10.2. The van der Waals surface area contributed by atoms with Crippen LogP contribution in [0.5, 0.6) is 5.75 Å². The number of benzene rings is 1. The summed E-state index contributed by atoms with van der Waals surface area (Å²) in [6.07, 6.45) is 1.81. The molecule has 0 radical (unpaired) electrons. The smallest absolute Gasteiger partial charge is 0.121 e. The van der Waals surface area contributed by atoms with Crippen molar-refractivity contribution in [3.8, 4) is 11.4 Å². The second-order valence-corrected chi connectivity index (χ2v) is 4.17. The zero-order chi connectivity index (χ0) is 13.1. The third kappa shape index (κ3) is 2.36. The minimum atomic E-state index is -0.557. The van der Waals surface area contributed by atoms with Crippen molar-refractivity contribution in [1.29, 1.82) is 0 Å². The third-order valence-electron chi connectivity index (χ3n) is 2.88. The maximum atomic E-state index is 9.69. The first-order chi connectivity index (χ1) is 8.65. The highest BCUT2D eigenvalue weighted by Crippen LogP contribution is 2.21. The number of aromatic nitrogens is 3. The minimum absolute atomic E-state index is 0.557. The molecule has 0 aliphatic carbocycles. The highest BCUT2D eigenvalue weighted by atomic mass is 16.5. The molecule has 0 fully saturated rings. The van der Waals surface area contributed by atoms with E-state index in [9.17, 15) is 5.11 Å². The summed E-state index contributed by atoms with van der Waals surface area (Å²) < 4.78 is 6.86. The van der Waals surface area contributed by atoms with E-state index in [-0.39, 0.29) is 0 Å². The van der Waals surface area contributed by atoms with E-state index in [4.69, 9.17) is 4.74 Å². The highest BCUT2D eigenvalue weighted by Gasteiger charge is 2.11. The first-order valence-corrected chi connectivity index (χ1v) is 5.91. The summed E-state index contributed by atoms with van der Waals surface area (Å²) in [5.74, 6) is 0.840. The Balaban J connectivity index is 2.31. The van der Waals surface area contributed by atoms with Crippen molar-refractivity contribution >= 4 is 0 Å². The number of aliphatic hydroxyl groups excluding tert-OH is 1. The summed E-state index contributed by atoms with van der Waals surface area (Å²) in [6.45, 7) is 3.88. The summed E-state index contributed by atoms with van der Waals surface area (Å²) in [5.41, 5.74) is 2.52. The molecule has 0 spiro atoms. The van der Waals surface area contributed by atoms with Gasteiger partial charge in [-0.3, -0.25) is 0 Å². The van der Waals surface area contributed by atoms with Gasteiger partial charge in [-0.25, -0.2) is 4.68 Å². The third-order valence-corrected chi connectivity index (χ3v) is 2.88. The first-order valence-electron chi connectivity index (χ1n) is 5.91. The lowest BCUT2D eigenvalue weighted by Gasteiger charge is -2.06. The van der Waals surface area contributed by atoms with Gasteiger partial charge in [-0.15, -0.1) is 5.10 Å². The van der Waals surface area contributed by atoms with E-state index in [0.29, 0.717) is 12.1 Å². The van der Waals surface area contributed by atoms with Crippen molar-refractivity contribution in [2.24, 2.45) is 0 Å². The quantitative estimate of drug-likeness (QED) is 0.898. The lowest BCUT2D eigenvalue weighted by Crippen LogP contribution is -1.97. The van der Waals surface area contributed by atoms with Gasteiger partial charge in [-0.05, 0) is 37.1 Å². The molecule has 1 heterocycles. The van der Waals surface area contributed by atoms with Gasteiger partial charge < -0.3 is 9.84 Å². The van der Waals surface area contributed by atoms with Crippen LogP contribution in [0.4, 0.5) is 0 Å². The molecule has 1 aromatic heterocycles. The van der Waals surface area contributed by atoms with Gasteiger partial charge in [0.15, 0.2) is 0 Å². The van der Waals surface area contributed by atoms with Gasteiger partial charge in [0.2, 0.25) is 0 Å². The fourth-order valence-corrected chi connectivity index (χ4v) is 1.77. The van der Waals surface area contributed by atoms with Crippen LogP contribution < -0.4 is 4.74 Å². The SMILES string of the molecule is CCC(O)c1cn(-c2ccc(OC)c(C)c2)nn1. The van der Waals surface area contributed by atoms with Gasteiger partial charge in [-0.2, -0.15) is 0 Å². The van der Waals surface area contributed by atoms with Gasteiger partial charge >= 0.3 is 0 Å². The molecule has 96 valence electrons. The predicted molar refractivity (Wildman–Crippen MR) is 67.9 cm³/mol. The van der Waals surface area contributed by atoms with Crippen molar-refractivity contribution in [3.63, 3.8) is 0 Å². The predicted octanol–water partition coefficient (Wildman–Crippen LogP) is 2.03. The van der Waals surface area contributed by atoms with E-state index in [1.165, 1.54) is 0 Å². The van der Waals surface area contributed by atoms with Crippen LogP contribution in [0.3, 0.4) is 0 Å². The number of aliphatic hydroxyl groups is 1. The molecule has 1 N–H and O–H groups in total. The maximum absolute atomic E-state index is 9.69. The Hall–Kier alpha value is -1.88. The van der Waals surface area contributed by atoms with Crippen LogP contribution in [0, 0.1) is 6.92 Å². The largest absolute Gasteiger partial charge is 0.496 e. The number of ether oxygens (including phenoxy) is 1. The molecule has 0 aliphatic rings. The monoisotopic (exact) mass is 247 g/mol. The van der Waals surface area contributed by atoms with E-state index in [2.05, 4.69) is 10.3 Å². The summed E-state index contributed by atoms with van der Waals surface area (Å²) in [6, 6.07) is 5.76. The van der Waals surface area contributed by atoms with Gasteiger partial charge in [0.25, 0.3) is 0 Å². The molecule has 5 nitrogen and oxygen atoms in total. The van der Waals surface area contributed by atoms with E-state index in [1.807, 2.05) is 32.0 Å². The molecular formula is C13H17N3O2. The lowest BCUT2D eigenvalue weighted by molar-refractivity contribution is 0.169. The Labute approximate surface area is 106 Å². The number of hydrogen-bond donors (Lipinski definition) is 1. The van der Waals surface area contributed by atoms with Crippen LogP contribution in [0.2, 0.25) is 0 Å². The van der Waals surface area contributed by atoms with Gasteiger partial charge in [0.1, 0.15) is 11.4 Å². The second-order valence-electron chi connectivity index (χ2n) is 4.17.